The summed E-state index contributed by atoms with van der Waals surface area (Å²) in [5.41, 5.74) is 3.28. The van der Waals surface area contributed by atoms with Gasteiger partial charge in [-0.25, -0.2) is 4.79 Å². The molecule has 5 heteroatoms. The van der Waals surface area contributed by atoms with Gasteiger partial charge in [-0.15, -0.1) is 11.3 Å². The van der Waals surface area contributed by atoms with Crippen LogP contribution in [0.2, 0.25) is 0 Å². The molecular weight excluding hydrogens is 334 g/mol. The van der Waals surface area contributed by atoms with Crippen LogP contribution in [0.1, 0.15) is 51.2 Å². The van der Waals surface area contributed by atoms with Crippen LogP contribution in [0.3, 0.4) is 0 Å². The minimum absolute atomic E-state index is 0.277. The monoisotopic (exact) mass is 355 g/mol. The van der Waals surface area contributed by atoms with E-state index in [1.165, 1.54) is 17.4 Å². The molecule has 2 N–H and O–H groups in total. The third-order valence-corrected chi connectivity index (χ3v) is 5.58. The molecular formula is C20H21NO3S. The van der Waals surface area contributed by atoms with E-state index >= 15 is 0 Å². The minimum Gasteiger partial charge on any atom is -0.478 e. The van der Waals surface area contributed by atoms with Gasteiger partial charge in [-0.05, 0) is 49.8 Å². The summed E-state index contributed by atoms with van der Waals surface area (Å²) in [7, 11) is 0. The Morgan fingerprint density at radius 1 is 1.12 bits per heavy atom. The van der Waals surface area contributed by atoms with Crippen LogP contribution in [-0.4, -0.2) is 17.0 Å². The summed E-state index contributed by atoms with van der Waals surface area (Å²) in [6, 6.07) is 7.84. The van der Waals surface area contributed by atoms with Gasteiger partial charge in [0.2, 0.25) is 5.91 Å². The quantitative estimate of drug-likeness (QED) is 0.618. The summed E-state index contributed by atoms with van der Waals surface area (Å²) in [6.45, 7) is 2.01. The summed E-state index contributed by atoms with van der Waals surface area (Å²) in [5.74, 6) is -1.27. The number of benzene rings is 1. The Hall–Kier alpha value is -2.40. The van der Waals surface area contributed by atoms with Gasteiger partial charge >= 0.3 is 5.97 Å². The van der Waals surface area contributed by atoms with Crippen molar-refractivity contribution in [1.29, 1.82) is 0 Å². The predicted molar refractivity (Wildman–Crippen MR) is 101 cm³/mol. The van der Waals surface area contributed by atoms with Crippen LogP contribution >= 0.6 is 11.3 Å². The van der Waals surface area contributed by atoms with Gasteiger partial charge < -0.3 is 10.4 Å². The summed E-state index contributed by atoms with van der Waals surface area (Å²) in [6.07, 6.45) is 8.06. The molecule has 130 valence electrons. The Balaban J connectivity index is 1.79. The third kappa shape index (κ3) is 4.17. The molecule has 0 radical (unpaired) electrons. The van der Waals surface area contributed by atoms with E-state index < -0.39 is 5.97 Å². The van der Waals surface area contributed by atoms with Crippen LogP contribution in [-0.2, 0) is 17.6 Å². The van der Waals surface area contributed by atoms with Crippen LogP contribution in [0.5, 0.6) is 0 Å². The molecule has 1 aromatic carbocycles. The summed E-state index contributed by atoms with van der Waals surface area (Å²) < 4.78 is 0. The van der Waals surface area contributed by atoms with Crippen molar-refractivity contribution in [2.24, 2.45) is 0 Å². The van der Waals surface area contributed by atoms with Crippen LogP contribution < -0.4 is 5.32 Å². The van der Waals surface area contributed by atoms with Gasteiger partial charge in [0.15, 0.2) is 0 Å². The maximum atomic E-state index is 12.2. The van der Waals surface area contributed by atoms with Crippen molar-refractivity contribution in [1.82, 2.24) is 0 Å². The van der Waals surface area contributed by atoms with Gasteiger partial charge in [0.25, 0.3) is 0 Å². The Bertz CT molecular complexity index is 818. The van der Waals surface area contributed by atoms with E-state index in [-0.39, 0.29) is 11.5 Å². The fourth-order valence-corrected chi connectivity index (χ4v) is 4.34. The summed E-state index contributed by atoms with van der Waals surface area (Å²) >= 11 is 1.41. The highest BCUT2D eigenvalue weighted by atomic mass is 32.1. The molecule has 0 saturated carbocycles. The zero-order valence-corrected chi connectivity index (χ0v) is 15.0. The molecule has 0 aliphatic heterocycles. The third-order valence-electron chi connectivity index (χ3n) is 4.38. The van der Waals surface area contributed by atoms with Crippen LogP contribution in [0, 0.1) is 6.92 Å². The Labute approximate surface area is 151 Å². The van der Waals surface area contributed by atoms with Crippen molar-refractivity contribution in [2.75, 3.05) is 5.32 Å². The molecule has 25 heavy (non-hydrogen) atoms. The van der Waals surface area contributed by atoms with E-state index in [9.17, 15) is 14.7 Å². The van der Waals surface area contributed by atoms with Crippen molar-refractivity contribution in [2.45, 2.75) is 39.0 Å². The first-order chi connectivity index (χ1) is 12.0. The van der Waals surface area contributed by atoms with Gasteiger partial charge in [-0.1, -0.05) is 36.2 Å². The highest BCUT2D eigenvalue weighted by Gasteiger charge is 2.24. The Morgan fingerprint density at radius 3 is 2.56 bits per heavy atom. The molecule has 3 rings (SSSR count). The molecule has 2 aromatic rings. The number of aromatic carboxylic acids is 1. The number of hydrogen-bond donors (Lipinski definition) is 2. The zero-order valence-electron chi connectivity index (χ0n) is 14.2. The number of carbonyl (C=O) groups excluding carboxylic acids is 1. The van der Waals surface area contributed by atoms with Crippen molar-refractivity contribution >= 4 is 34.3 Å². The lowest BCUT2D eigenvalue weighted by atomic mass is 10.1. The van der Waals surface area contributed by atoms with Crippen LogP contribution in [0.4, 0.5) is 5.00 Å². The van der Waals surface area contributed by atoms with Gasteiger partial charge in [-0.3, -0.25) is 4.79 Å². The molecule has 0 spiro atoms. The molecule has 0 fully saturated rings. The first-order valence-electron chi connectivity index (χ1n) is 8.48. The van der Waals surface area contributed by atoms with E-state index in [1.807, 2.05) is 31.2 Å². The number of aryl methyl sites for hydroxylation is 2. The molecule has 0 unspecified atom stereocenters. The summed E-state index contributed by atoms with van der Waals surface area (Å²) in [4.78, 5) is 25.0. The maximum Gasteiger partial charge on any atom is 0.339 e. The minimum atomic E-state index is -0.961. The number of carbonyl (C=O) groups is 2. The lowest BCUT2D eigenvalue weighted by Gasteiger charge is -2.03. The zero-order chi connectivity index (χ0) is 17.8. The van der Waals surface area contributed by atoms with Crippen molar-refractivity contribution in [3.8, 4) is 0 Å². The van der Waals surface area contributed by atoms with E-state index in [0.717, 1.165) is 53.7 Å². The number of carboxylic acid groups (broad SMARTS) is 1. The largest absolute Gasteiger partial charge is 0.478 e. The highest BCUT2D eigenvalue weighted by molar-refractivity contribution is 7.17. The van der Waals surface area contributed by atoms with Crippen LogP contribution in [0.15, 0.2) is 30.3 Å². The molecule has 4 nitrogen and oxygen atoms in total. The lowest BCUT2D eigenvalue weighted by molar-refractivity contribution is -0.111. The molecule has 1 aliphatic carbocycles. The molecule has 0 atom stereocenters. The Kier molecular flexibility index (Phi) is 5.34. The average molecular weight is 355 g/mol. The molecule has 1 aliphatic rings. The number of fused-ring (bicyclic) bond motifs is 1. The van der Waals surface area contributed by atoms with Gasteiger partial charge in [0, 0.05) is 11.0 Å². The number of nitrogens with one attached hydrogen (secondary N) is 1. The topological polar surface area (TPSA) is 66.4 Å². The smallest absolute Gasteiger partial charge is 0.339 e. The van der Waals surface area contributed by atoms with E-state index in [2.05, 4.69) is 5.32 Å². The number of thiophene rings is 1. The fraction of sp³-hybridized carbons (Fsp3) is 0.300. The first kappa shape index (κ1) is 17.4. The van der Waals surface area contributed by atoms with E-state index in [1.54, 1.807) is 6.08 Å². The number of anilines is 1. The number of hydrogen-bond acceptors (Lipinski definition) is 3. The molecule has 1 aromatic heterocycles. The highest BCUT2D eigenvalue weighted by Crippen LogP contribution is 2.37. The van der Waals surface area contributed by atoms with E-state index in [4.69, 9.17) is 0 Å². The molecule has 0 bridgehead atoms. The van der Waals surface area contributed by atoms with Gasteiger partial charge in [0.1, 0.15) is 5.00 Å². The lowest BCUT2D eigenvalue weighted by Crippen LogP contribution is -2.11. The van der Waals surface area contributed by atoms with Crippen molar-refractivity contribution < 1.29 is 14.7 Å². The second-order valence-corrected chi connectivity index (χ2v) is 7.41. The predicted octanol–water partition coefficient (Wildman–Crippen LogP) is 4.68. The van der Waals surface area contributed by atoms with Crippen molar-refractivity contribution in [3.63, 3.8) is 0 Å². The fourth-order valence-electron chi connectivity index (χ4n) is 3.06. The second-order valence-electron chi connectivity index (χ2n) is 6.31. The maximum absolute atomic E-state index is 12.2. The van der Waals surface area contributed by atoms with Gasteiger partial charge in [-0.2, -0.15) is 0 Å². The normalized spacial score (nSPS) is 14.1. The summed E-state index contributed by atoms with van der Waals surface area (Å²) in [5, 5.41) is 12.8. The Morgan fingerprint density at radius 2 is 1.84 bits per heavy atom. The van der Waals surface area contributed by atoms with Crippen molar-refractivity contribution in [3.05, 3.63) is 57.5 Å². The number of carboxylic acids is 1. The SMILES string of the molecule is Cc1ccc(/C=C/C(=O)Nc2sc3c(c2C(=O)O)CCCCC3)cc1. The first-order valence-corrected chi connectivity index (χ1v) is 9.30. The van der Waals surface area contributed by atoms with Crippen LogP contribution in [0.25, 0.3) is 6.08 Å². The molecule has 1 heterocycles. The number of rotatable bonds is 4. The van der Waals surface area contributed by atoms with Gasteiger partial charge in [0.05, 0.1) is 5.56 Å². The second kappa shape index (κ2) is 7.66. The standard InChI is InChI=1S/C20H21NO3S/c1-13-7-9-14(10-8-13)11-12-17(22)21-19-18(20(23)24)15-5-3-2-4-6-16(15)25-19/h7-12H,2-6H2,1H3,(H,21,22)(H,23,24)/b12-11+. The van der Waals surface area contributed by atoms with E-state index in [0.29, 0.717) is 5.00 Å². The molecule has 1 amide bonds. The average Bonchev–Trinajstić information content (AvgIpc) is 2.75. The molecule has 0 saturated heterocycles. The number of amides is 1.